The molecule has 1 aliphatic rings. The normalized spacial score (nSPS) is 14.2. The zero-order valence-corrected chi connectivity index (χ0v) is 17.9. The van der Waals surface area contributed by atoms with Gasteiger partial charge in [-0.25, -0.2) is 15.0 Å². The largest absolute Gasteiger partial charge is 0.278 e. The molecule has 0 bridgehead atoms. The molecule has 1 aliphatic carbocycles. The lowest BCUT2D eigenvalue weighted by molar-refractivity contribution is 0.666. The predicted octanol–water partition coefficient (Wildman–Crippen LogP) is 6.43. The van der Waals surface area contributed by atoms with Crippen LogP contribution in [0.5, 0.6) is 0 Å². The summed E-state index contributed by atoms with van der Waals surface area (Å²) in [5.41, 5.74) is 7.58. The number of benzene rings is 4. The van der Waals surface area contributed by atoms with Gasteiger partial charge in [-0.15, -0.1) is 0 Å². The molecule has 2 heterocycles. The molecule has 32 heavy (non-hydrogen) atoms. The lowest BCUT2D eigenvalue weighted by atomic mass is 9.80. The van der Waals surface area contributed by atoms with Gasteiger partial charge in [0.15, 0.2) is 0 Å². The standard InChI is InChI=1S/C28H20N4/c1-28(2)21-13-14-23-25(24(21)20-12-11-17-7-3-4-8-18(17)26(20)28)19-9-5-6-10-22(19)32(23)27-30-15-29-16-31-27/h3-16H,1-2H3. The Hall–Kier alpha value is -4.05. The molecular weight excluding hydrogens is 392 g/mol. The number of rotatable bonds is 1. The first-order chi connectivity index (χ1) is 15.7. The first-order valence-corrected chi connectivity index (χ1v) is 10.9. The summed E-state index contributed by atoms with van der Waals surface area (Å²) >= 11 is 0. The van der Waals surface area contributed by atoms with Gasteiger partial charge in [-0.2, -0.15) is 0 Å². The fourth-order valence-electron chi connectivity index (χ4n) is 5.71. The summed E-state index contributed by atoms with van der Waals surface area (Å²) in [7, 11) is 0. The van der Waals surface area contributed by atoms with Gasteiger partial charge in [0.2, 0.25) is 5.95 Å². The van der Waals surface area contributed by atoms with E-state index in [4.69, 9.17) is 0 Å². The SMILES string of the molecule is CC1(C)c2ccc3c(c2-c2ccc4ccccc4c21)c1ccccc1n3-c1ncncn1. The number of hydrogen-bond donors (Lipinski definition) is 0. The van der Waals surface area contributed by atoms with Gasteiger partial charge in [0, 0.05) is 16.2 Å². The molecule has 0 unspecified atom stereocenters. The Labute approximate surface area is 185 Å². The second-order valence-electron chi connectivity index (χ2n) is 9.01. The second-order valence-corrected chi connectivity index (χ2v) is 9.01. The van der Waals surface area contributed by atoms with Gasteiger partial charge >= 0.3 is 0 Å². The van der Waals surface area contributed by atoms with Crippen molar-refractivity contribution in [2.45, 2.75) is 19.3 Å². The third kappa shape index (κ3) is 2.09. The lowest BCUT2D eigenvalue weighted by Gasteiger charge is -2.23. The highest BCUT2D eigenvalue weighted by atomic mass is 15.2. The maximum absolute atomic E-state index is 4.47. The fraction of sp³-hybridized carbons (Fsp3) is 0.107. The van der Waals surface area contributed by atoms with Crippen molar-refractivity contribution in [1.29, 1.82) is 0 Å². The molecule has 0 amide bonds. The Bertz CT molecular complexity index is 1690. The van der Waals surface area contributed by atoms with Crippen molar-refractivity contribution < 1.29 is 0 Å². The average molecular weight is 412 g/mol. The van der Waals surface area contributed by atoms with Crippen molar-refractivity contribution in [1.82, 2.24) is 19.5 Å². The first kappa shape index (κ1) is 17.6. The summed E-state index contributed by atoms with van der Waals surface area (Å²) in [6, 6.07) is 26.3. The monoisotopic (exact) mass is 412 g/mol. The van der Waals surface area contributed by atoms with Crippen LogP contribution in [0.15, 0.2) is 85.5 Å². The van der Waals surface area contributed by atoms with E-state index in [2.05, 4.69) is 106 Å². The van der Waals surface area contributed by atoms with Gasteiger partial charge in [0.1, 0.15) is 12.7 Å². The van der Waals surface area contributed by atoms with Crippen molar-refractivity contribution in [3.8, 4) is 17.1 Å². The fourth-order valence-corrected chi connectivity index (χ4v) is 5.71. The molecule has 4 nitrogen and oxygen atoms in total. The Morgan fingerprint density at radius 2 is 1.47 bits per heavy atom. The molecule has 0 N–H and O–H groups in total. The third-order valence-electron chi connectivity index (χ3n) is 7.01. The van der Waals surface area contributed by atoms with Crippen LogP contribution in [0.1, 0.15) is 25.0 Å². The number of hydrogen-bond acceptors (Lipinski definition) is 3. The van der Waals surface area contributed by atoms with Gasteiger partial charge in [0.05, 0.1) is 11.0 Å². The van der Waals surface area contributed by atoms with Crippen molar-refractivity contribution in [3.63, 3.8) is 0 Å². The highest BCUT2D eigenvalue weighted by Gasteiger charge is 2.38. The molecular formula is C28H20N4. The molecule has 4 aromatic carbocycles. The van der Waals surface area contributed by atoms with Gasteiger partial charge < -0.3 is 0 Å². The van der Waals surface area contributed by atoms with E-state index < -0.39 is 0 Å². The maximum atomic E-state index is 4.47. The van der Waals surface area contributed by atoms with E-state index in [0.717, 1.165) is 11.0 Å². The molecule has 6 aromatic rings. The molecule has 0 atom stereocenters. The van der Waals surface area contributed by atoms with E-state index in [1.165, 1.54) is 43.8 Å². The molecule has 0 aliphatic heterocycles. The predicted molar refractivity (Wildman–Crippen MR) is 129 cm³/mol. The summed E-state index contributed by atoms with van der Waals surface area (Å²) < 4.78 is 2.15. The maximum Gasteiger partial charge on any atom is 0.237 e. The molecule has 0 radical (unpaired) electrons. The summed E-state index contributed by atoms with van der Waals surface area (Å²) in [5.74, 6) is 0.641. The molecule has 152 valence electrons. The van der Waals surface area contributed by atoms with Crippen LogP contribution in [-0.2, 0) is 5.41 Å². The zero-order chi connectivity index (χ0) is 21.4. The Morgan fingerprint density at radius 3 is 2.31 bits per heavy atom. The second kappa shape index (κ2) is 6.01. The van der Waals surface area contributed by atoms with Gasteiger partial charge in [0.25, 0.3) is 0 Å². The minimum Gasteiger partial charge on any atom is -0.278 e. The van der Waals surface area contributed by atoms with Crippen molar-refractivity contribution >= 4 is 32.6 Å². The van der Waals surface area contributed by atoms with Crippen molar-refractivity contribution in [3.05, 3.63) is 96.6 Å². The van der Waals surface area contributed by atoms with E-state index in [1.54, 1.807) is 12.7 Å². The molecule has 2 aromatic heterocycles. The lowest BCUT2D eigenvalue weighted by Crippen LogP contribution is -2.15. The molecule has 0 spiro atoms. The highest BCUT2D eigenvalue weighted by molar-refractivity contribution is 6.18. The van der Waals surface area contributed by atoms with Crippen LogP contribution in [0.4, 0.5) is 0 Å². The molecule has 4 heteroatoms. The van der Waals surface area contributed by atoms with Crippen LogP contribution in [0.2, 0.25) is 0 Å². The minimum absolute atomic E-state index is 0.0872. The van der Waals surface area contributed by atoms with Gasteiger partial charge in [-0.1, -0.05) is 74.5 Å². The Balaban J connectivity index is 1.70. The highest BCUT2D eigenvalue weighted by Crippen LogP contribution is 2.54. The topological polar surface area (TPSA) is 43.6 Å². The average Bonchev–Trinajstić information content (AvgIpc) is 3.29. The smallest absolute Gasteiger partial charge is 0.237 e. The van der Waals surface area contributed by atoms with Gasteiger partial charge in [-0.3, -0.25) is 4.57 Å². The van der Waals surface area contributed by atoms with E-state index >= 15 is 0 Å². The van der Waals surface area contributed by atoms with E-state index in [9.17, 15) is 0 Å². The first-order valence-electron chi connectivity index (χ1n) is 10.9. The van der Waals surface area contributed by atoms with Crippen LogP contribution in [0.3, 0.4) is 0 Å². The molecule has 0 saturated carbocycles. The molecule has 0 saturated heterocycles. The summed E-state index contributed by atoms with van der Waals surface area (Å²) in [6.45, 7) is 4.70. The van der Waals surface area contributed by atoms with Crippen molar-refractivity contribution in [2.75, 3.05) is 0 Å². The number of para-hydroxylation sites is 1. The summed E-state index contributed by atoms with van der Waals surface area (Å²) in [5, 5.41) is 5.11. The third-order valence-corrected chi connectivity index (χ3v) is 7.01. The van der Waals surface area contributed by atoms with Crippen LogP contribution in [-0.4, -0.2) is 19.5 Å². The quantitative estimate of drug-likeness (QED) is 0.313. The van der Waals surface area contributed by atoms with Crippen LogP contribution >= 0.6 is 0 Å². The van der Waals surface area contributed by atoms with Crippen molar-refractivity contribution in [2.24, 2.45) is 0 Å². The van der Waals surface area contributed by atoms with Crippen LogP contribution in [0, 0.1) is 0 Å². The molecule has 7 rings (SSSR count). The van der Waals surface area contributed by atoms with E-state index in [-0.39, 0.29) is 5.41 Å². The molecule has 0 fully saturated rings. The van der Waals surface area contributed by atoms with E-state index in [0.29, 0.717) is 5.95 Å². The zero-order valence-electron chi connectivity index (χ0n) is 17.9. The summed E-state index contributed by atoms with van der Waals surface area (Å²) in [4.78, 5) is 13.0. The summed E-state index contributed by atoms with van der Waals surface area (Å²) in [6.07, 6.45) is 3.11. The Morgan fingerprint density at radius 1 is 0.719 bits per heavy atom. The van der Waals surface area contributed by atoms with Crippen LogP contribution in [0.25, 0.3) is 49.7 Å². The van der Waals surface area contributed by atoms with Gasteiger partial charge in [-0.05, 0) is 45.2 Å². The minimum atomic E-state index is -0.0872. The number of nitrogens with zero attached hydrogens (tertiary/aromatic N) is 4. The van der Waals surface area contributed by atoms with E-state index in [1.807, 2.05) is 0 Å². The Kier molecular flexibility index (Phi) is 3.31. The number of aromatic nitrogens is 4. The number of fused-ring (bicyclic) bond motifs is 9. The van der Waals surface area contributed by atoms with Crippen LogP contribution < -0.4 is 0 Å².